The molecule has 100 valence electrons. The smallest absolute Gasteiger partial charge is 0.243 e. The quantitative estimate of drug-likeness (QED) is 0.903. The highest BCUT2D eigenvalue weighted by molar-refractivity contribution is 7.89. The SMILES string of the molecule is Cc1ccc(S(=O)(=O)N2CCC[C@@H]2CO)cc1C. The third-order valence-electron chi connectivity index (χ3n) is 3.62. The van der Waals surface area contributed by atoms with E-state index in [1.165, 1.54) is 4.31 Å². The summed E-state index contributed by atoms with van der Waals surface area (Å²) in [6.07, 6.45) is 1.55. The Morgan fingerprint density at radius 1 is 1.33 bits per heavy atom. The molecule has 0 bridgehead atoms. The highest BCUT2D eigenvalue weighted by Crippen LogP contribution is 2.26. The fraction of sp³-hybridized carbons (Fsp3) is 0.538. The van der Waals surface area contributed by atoms with Gasteiger partial charge in [0.15, 0.2) is 0 Å². The van der Waals surface area contributed by atoms with Gasteiger partial charge in [-0.2, -0.15) is 4.31 Å². The van der Waals surface area contributed by atoms with Crippen molar-refractivity contribution >= 4 is 10.0 Å². The fourth-order valence-corrected chi connectivity index (χ4v) is 4.09. The normalized spacial score (nSPS) is 21.4. The molecular formula is C13H19NO3S. The number of nitrogens with zero attached hydrogens (tertiary/aromatic N) is 1. The number of rotatable bonds is 3. The third-order valence-corrected chi connectivity index (χ3v) is 5.57. The summed E-state index contributed by atoms with van der Waals surface area (Å²) in [4.78, 5) is 0.325. The number of aliphatic hydroxyl groups is 1. The average Bonchev–Trinajstić information content (AvgIpc) is 2.81. The van der Waals surface area contributed by atoms with E-state index in [1.807, 2.05) is 19.9 Å². The zero-order chi connectivity index (χ0) is 13.3. The monoisotopic (exact) mass is 269 g/mol. The molecule has 0 radical (unpaired) electrons. The van der Waals surface area contributed by atoms with Crippen LogP contribution in [-0.2, 0) is 10.0 Å². The first kappa shape index (κ1) is 13.5. The van der Waals surface area contributed by atoms with Gasteiger partial charge in [0.2, 0.25) is 10.0 Å². The third kappa shape index (κ3) is 2.30. The molecular weight excluding hydrogens is 250 g/mol. The lowest BCUT2D eigenvalue weighted by atomic mass is 10.1. The largest absolute Gasteiger partial charge is 0.395 e. The molecule has 2 rings (SSSR count). The number of sulfonamides is 1. The van der Waals surface area contributed by atoms with Gasteiger partial charge in [-0.1, -0.05) is 6.07 Å². The molecule has 1 atom stereocenters. The van der Waals surface area contributed by atoms with Gasteiger partial charge in [-0.25, -0.2) is 8.42 Å². The molecule has 0 saturated carbocycles. The molecule has 0 unspecified atom stereocenters. The van der Waals surface area contributed by atoms with Crippen molar-refractivity contribution in [3.05, 3.63) is 29.3 Å². The number of aryl methyl sites for hydroxylation is 2. The maximum Gasteiger partial charge on any atom is 0.243 e. The van der Waals surface area contributed by atoms with E-state index in [0.29, 0.717) is 11.4 Å². The van der Waals surface area contributed by atoms with Crippen molar-refractivity contribution in [3.63, 3.8) is 0 Å². The second kappa shape index (κ2) is 4.99. The van der Waals surface area contributed by atoms with Crippen LogP contribution < -0.4 is 0 Å². The zero-order valence-corrected chi connectivity index (χ0v) is 11.6. The molecule has 0 amide bonds. The van der Waals surface area contributed by atoms with Crippen LogP contribution in [0.1, 0.15) is 24.0 Å². The van der Waals surface area contributed by atoms with Crippen LogP contribution in [0.3, 0.4) is 0 Å². The highest BCUT2D eigenvalue weighted by atomic mass is 32.2. The average molecular weight is 269 g/mol. The molecule has 1 heterocycles. The van der Waals surface area contributed by atoms with Crippen LogP contribution in [0.4, 0.5) is 0 Å². The first-order valence-corrected chi connectivity index (χ1v) is 7.61. The maximum atomic E-state index is 12.5. The van der Waals surface area contributed by atoms with Crippen molar-refractivity contribution in [2.45, 2.75) is 37.6 Å². The molecule has 1 N–H and O–H groups in total. The number of aliphatic hydroxyl groups excluding tert-OH is 1. The summed E-state index contributed by atoms with van der Waals surface area (Å²) < 4.78 is 26.4. The van der Waals surface area contributed by atoms with E-state index >= 15 is 0 Å². The number of hydrogen-bond acceptors (Lipinski definition) is 3. The van der Waals surface area contributed by atoms with Gasteiger partial charge in [0.05, 0.1) is 11.5 Å². The first-order valence-electron chi connectivity index (χ1n) is 6.17. The van der Waals surface area contributed by atoms with E-state index in [0.717, 1.165) is 24.0 Å². The van der Waals surface area contributed by atoms with Crippen LogP contribution in [0.15, 0.2) is 23.1 Å². The molecule has 1 aliphatic heterocycles. The van der Waals surface area contributed by atoms with Gasteiger partial charge >= 0.3 is 0 Å². The summed E-state index contributed by atoms with van der Waals surface area (Å²) >= 11 is 0. The predicted octanol–water partition coefficient (Wildman–Crippen LogP) is 1.45. The standard InChI is InChI=1S/C13H19NO3S/c1-10-5-6-13(8-11(10)2)18(16,17)14-7-3-4-12(14)9-15/h5-6,8,12,15H,3-4,7,9H2,1-2H3/t12-/m1/s1. The minimum atomic E-state index is -3.47. The van der Waals surface area contributed by atoms with Gasteiger partial charge in [-0.3, -0.25) is 0 Å². The summed E-state index contributed by atoms with van der Waals surface area (Å²) in [7, 11) is -3.47. The molecule has 1 fully saturated rings. The van der Waals surface area contributed by atoms with E-state index in [2.05, 4.69) is 0 Å². The second-order valence-corrected chi connectivity index (χ2v) is 6.73. The Bertz CT molecular complexity index is 539. The van der Waals surface area contributed by atoms with Gasteiger partial charge in [0.1, 0.15) is 0 Å². The molecule has 0 aliphatic carbocycles. The summed E-state index contributed by atoms with van der Waals surface area (Å²) in [5, 5.41) is 9.24. The number of hydrogen-bond donors (Lipinski definition) is 1. The van der Waals surface area contributed by atoms with Gasteiger partial charge in [0, 0.05) is 12.6 Å². The summed E-state index contributed by atoms with van der Waals surface area (Å²) in [5.41, 5.74) is 2.05. The summed E-state index contributed by atoms with van der Waals surface area (Å²) in [6.45, 7) is 4.25. The topological polar surface area (TPSA) is 57.6 Å². The Morgan fingerprint density at radius 3 is 2.67 bits per heavy atom. The van der Waals surface area contributed by atoms with Crippen molar-refractivity contribution in [2.24, 2.45) is 0 Å². The Balaban J connectivity index is 2.38. The van der Waals surface area contributed by atoms with Gasteiger partial charge in [-0.15, -0.1) is 0 Å². The van der Waals surface area contributed by atoms with Crippen LogP contribution in [0.25, 0.3) is 0 Å². The van der Waals surface area contributed by atoms with Crippen molar-refractivity contribution in [1.82, 2.24) is 4.31 Å². The Labute approximate surface area is 108 Å². The van der Waals surface area contributed by atoms with Crippen LogP contribution in [0.5, 0.6) is 0 Å². The molecule has 4 nitrogen and oxygen atoms in total. The second-order valence-electron chi connectivity index (χ2n) is 4.84. The fourth-order valence-electron chi connectivity index (χ4n) is 2.32. The highest BCUT2D eigenvalue weighted by Gasteiger charge is 2.34. The Morgan fingerprint density at radius 2 is 2.06 bits per heavy atom. The van der Waals surface area contributed by atoms with Crippen molar-refractivity contribution in [3.8, 4) is 0 Å². The molecule has 0 aromatic heterocycles. The van der Waals surface area contributed by atoms with Crippen molar-refractivity contribution < 1.29 is 13.5 Å². The summed E-state index contributed by atoms with van der Waals surface area (Å²) in [5.74, 6) is 0. The zero-order valence-electron chi connectivity index (χ0n) is 10.8. The Hall–Kier alpha value is -0.910. The van der Waals surface area contributed by atoms with Crippen LogP contribution in [-0.4, -0.2) is 37.0 Å². The molecule has 18 heavy (non-hydrogen) atoms. The van der Waals surface area contributed by atoms with Crippen LogP contribution >= 0.6 is 0 Å². The molecule has 1 aromatic rings. The lowest BCUT2D eigenvalue weighted by Crippen LogP contribution is -2.37. The van der Waals surface area contributed by atoms with Crippen molar-refractivity contribution in [1.29, 1.82) is 0 Å². The van der Waals surface area contributed by atoms with E-state index in [9.17, 15) is 13.5 Å². The van der Waals surface area contributed by atoms with E-state index in [4.69, 9.17) is 0 Å². The lowest BCUT2D eigenvalue weighted by molar-refractivity contribution is 0.213. The molecule has 5 heteroatoms. The summed E-state index contributed by atoms with van der Waals surface area (Å²) in [6, 6.07) is 4.91. The van der Waals surface area contributed by atoms with Crippen LogP contribution in [0.2, 0.25) is 0 Å². The lowest BCUT2D eigenvalue weighted by Gasteiger charge is -2.22. The molecule has 1 saturated heterocycles. The number of benzene rings is 1. The molecule has 0 spiro atoms. The van der Waals surface area contributed by atoms with Crippen molar-refractivity contribution in [2.75, 3.05) is 13.2 Å². The Kier molecular flexibility index (Phi) is 3.75. The predicted molar refractivity (Wildman–Crippen MR) is 69.9 cm³/mol. The van der Waals surface area contributed by atoms with Gasteiger partial charge in [-0.05, 0) is 49.9 Å². The van der Waals surface area contributed by atoms with E-state index < -0.39 is 10.0 Å². The minimum Gasteiger partial charge on any atom is -0.395 e. The minimum absolute atomic E-state index is 0.107. The van der Waals surface area contributed by atoms with E-state index in [1.54, 1.807) is 12.1 Å². The maximum absolute atomic E-state index is 12.5. The van der Waals surface area contributed by atoms with Gasteiger partial charge in [0.25, 0.3) is 0 Å². The van der Waals surface area contributed by atoms with Crippen LogP contribution in [0, 0.1) is 13.8 Å². The first-order chi connectivity index (χ1) is 8.46. The van der Waals surface area contributed by atoms with Gasteiger partial charge < -0.3 is 5.11 Å². The molecule has 1 aromatic carbocycles. The molecule has 1 aliphatic rings. The van der Waals surface area contributed by atoms with E-state index in [-0.39, 0.29) is 12.6 Å².